The molecule has 4 nitrogen and oxygen atoms in total. The van der Waals surface area contributed by atoms with Crippen molar-refractivity contribution in [1.29, 1.82) is 0 Å². The fourth-order valence-electron chi connectivity index (χ4n) is 3.24. The lowest BCUT2D eigenvalue weighted by molar-refractivity contribution is 0.214. The van der Waals surface area contributed by atoms with E-state index in [0.717, 1.165) is 29.0 Å². The SMILES string of the molecule is Oc1ccc2c(c1)OCC1Cc3ncc(O)cc3[C@H]21. The molecule has 2 aromatic rings. The fourth-order valence-corrected chi connectivity index (χ4v) is 3.24. The number of pyridine rings is 1. The predicted molar refractivity (Wildman–Crippen MR) is 68.5 cm³/mol. The van der Waals surface area contributed by atoms with E-state index in [4.69, 9.17) is 4.74 Å². The summed E-state index contributed by atoms with van der Waals surface area (Å²) in [5.74, 6) is 1.72. The Morgan fingerprint density at radius 3 is 2.89 bits per heavy atom. The molecule has 1 unspecified atom stereocenters. The number of benzene rings is 1. The highest BCUT2D eigenvalue weighted by Gasteiger charge is 2.39. The summed E-state index contributed by atoms with van der Waals surface area (Å²) >= 11 is 0. The molecule has 2 atom stereocenters. The van der Waals surface area contributed by atoms with Crippen LogP contribution in [0.15, 0.2) is 30.5 Å². The third-order valence-electron chi connectivity index (χ3n) is 4.04. The van der Waals surface area contributed by atoms with Crippen molar-refractivity contribution >= 4 is 0 Å². The Morgan fingerprint density at radius 1 is 1.11 bits per heavy atom. The van der Waals surface area contributed by atoms with Gasteiger partial charge in [-0.2, -0.15) is 0 Å². The Kier molecular flexibility index (Phi) is 2.04. The maximum atomic E-state index is 9.65. The van der Waals surface area contributed by atoms with Gasteiger partial charge in [-0.15, -0.1) is 0 Å². The third kappa shape index (κ3) is 1.49. The molecule has 0 amide bonds. The van der Waals surface area contributed by atoms with Gasteiger partial charge in [0.25, 0.3) is 0 Å². The third-order valence-corrected chi connectivity index (χ3v) is 4.04. The summed E-state index contributed by atoms with van der Waals surface area (Å²) in [5, 5.41) is 19.2. The first-order valence-electron chi connectivity index (χ1n) is 6.36. The quantitative estimate of drug-likeness (QED) is 0.757. The van der Waals surface area contributed by atoms with Crippen molar-refractivity contribution in [2.75, 3.05) is 6.61 Å². The van der Waals surface area contributed by atoms with Crippen molar-refractivity contribution in [3.05, 3.63) is 47.3 Å². The lowest BCUT2D eigenvalue weighted by Gasteiger charge is -2.29. The predicted octanol–water partition coefficient (Wildman–Crippen LogP) is 2.19. The van der Waals surface area contributed by atoms with Crippen LogP contribution in [-0.2, 0) is 6.42 Å². The zero-order valence-corrected chi connectivity index (χ0v) is 10.2. The number of nitrogens with zero attached hydrogens (tertiary/aromatic N) is 1. The van der Waals surface area contributed by atoms with Crippen LogP contribution < -0.4 is 4.74 Å². The van der Waals surface area contributed by atoms with Gasteiger partial charge in [-0.05, 0) is 24.1 Å². The summed E-state index contributed by atoms with van der Waals surface area (Å²) in [6.07, 6.45) is 2.37. The van der Waals surface area contributed by atoms with E-state index < -0.39 is 0 Å². The molecule has 0 radical (unpaired) electrons. The summed E-state index contributed by atoms with van der Waals surface area (Å²) in [6.45, 7) is 0.623. The smallest absolute Gasteiger partial charge is 0.134 e. The molecule has 0 bridgehead atoms. The topological polar surface area (TPSA) is 62.6 Å². The summed E-state index contributed by atoms with van der Waals surface area (Å²) in [7, 11) is 0. The molecular formula is C15H13NO3. The standard InChI is InChI=1S/C15H13NO3/c17-9-1-2-11-14(5-9)19-7-8-3-13-12(15(8)11)4-10(18)6-16-13/h1-2,4-6,8,15,17-18H,3,7H2/t8?,15-/m0/s1. The molecule has 1 aliphatic carbocycles. The average Bonchev–Trinajstić information content (AvgIpc) is 2.76. The van der Waals surface area contributed by atoms with Gasteiger partial charge in [-0.1, -0.05) is 6.07 Å². The molecule has 2 N–H and O–H groups in total. The molecule has 96 valence electrons. The van der Waals surface area contributed by atoms with Crippen LogP contribution in [0.5, 0.6) is 17.2 Å². The van der Waals surface area contributed by atoms with Gasteiger partial charge in [0.15, 0.2) is 0 Å². The number of phenolic OH excluding ortho intramolecular Hbond substituents is 1. The van der Waals surface area contributed by atoms with Crippen LogP contribution in [-0.4, -0.2) is 21.8 Å². The van der Waals surface area contributed by atoms with Gasteiger partial charge in [0.05, 0.1) is 12.8 Å². The van der Waals surface area contributed by atoms with Gasteiger partial charge in [0.1, 0.15) is 17.2 Å². The Labute approximate surface area is 110 Å². The van der Waals surface area contributed by atoms with Crippen LogP contribution in [0.25, 0.3) is 0 Å². The van der Waals surface area contributed by atoms with E-state index in [0.29, 0.717) is 12.5 Å². The number of aromatic nitrogens is 1. The number of fused-ring (bicyclic) bond motifs is 5. The number of aromatic hydroxyl groups is 2. The molecule has 4 heteroatoms. The van der Waals surface area contributed by atoms with Gasteiger partial charge in [-0.3, -0.25) is 4.98 Å². The highest BCUT2D eigenvalue weighted by molar-refractivity contribution is 5.51. The van der Waals surface area contributed by atoms with E-state index in [-0.39, 0.29) is 17.4 Å². The van der Waals surface area contributed by atoms with Gasteiger partial charge in [0.2, 0.25) is 0 Å². The van der Waals surface area contributed by atoms with E-state index in [1.807, 2.05) is 6.07 Å². The zero-order valence-electron chi connectivity index (χ0n) is 10.2. The summed E-state index contributed by atoms with van der Waals surface area (Å²) < 4.78 is 5.73. The van der Waals surface area contributed by atoms with E-state index in [2.05, 4.69) is 4.98 Å². The number of rotatable bonds is 0. The Balaban J connectivity index is 1.90. The van der Waals surface area contributed by atoms with Crippen molar-refractivity contribution in [3.63, 3.8) is 0 Å². The summed E-state index contributed by atoms with van der Waals surface area (Å²) in [5.41, 5.74) is 3.19. The average molecular weight is 255 g/mol. The van der Waals surface area contributed by atoms with Crippen LogP contribution in [0.4, 0.5) is 0 Å². The molecule has 2 heterocycles. The number of hydrogen-bond acceptors (Lipinski definition) is 4. The van der Waals surface area contributed by atoms with Gasteiger partial charge in [0, 0.05) is 29.2 Å². The highest BCUT2D eigenvalue weighted by Crippen LogP contribution is 2.49. The second kappa shape index (κ2) is 3.63. The van der Waals surface area contributed by atoms with E-state index in [9.17, 15) is 10.2 Å². The largest absolute Gasteiger partial charge is 0.508 e. The zero-order chi connectivity index (χ0) is 13.0. The minimum atomic E-state index is 0.200. The Hall–Kier alpha value is -2.23. The minimum absolute atomic E-state index is 0.200. The van der Waals surface area contributed by atoms with Crippen molar-refractivity contribution < 1.29 is 14.9 Å². The van der Waals surface area contributed by atoms with E-state index >= 15 is 0 Å². The first kappa shape index (κ1) is 10.7. The molecule has 2 aliphatic rings. The molecule has 0 fully saturated rings. The van der Waals surface area contributed by atoms with Crippen LogP contribution in [0, 0.1) is 5.92 Å². The fraction of sp³-hybridized carbons (Fsp3) is 0.267. The van der Waals surface area contributed by atoms with Crippen LogP contribution in [0.3, 0.4) is 0 Å². The second-order valence-corrected chi connectivity index (χ2v) is 5.20. The molecule has 19 heavy (non-hydrogen) atoms. The number of phenols is 1. The monoisotopic (exact) mass is 255 g/mol. The van der Waals surface area contributed by atoms with Gasteiger partial charge >= 0.3 is 0 Å². The second-order valence-electron chi connectivity index (χ2n) is 5.20. The van der Waals surface area contributed by atoms with Crippen LogP contribution in [0.1, 0.15) is 22.7 Å². The van der Waals surface area contributed by atoms with Crippen molar-refractivity contribution in [2.45, 2.75) is 12.3 Å². The molecule has 0 spiro atoms. The Morgan fingerprint density at radius 2 is 2.00 bits per heavy atom. The molecule has 1 aromatic heterocycles. The van der Waals surface area contributed by atoms with Crippen LogP contribution in [0.2, 0.25) is 0 Å². The minimum Gasteiger partial charge on any atom is -0.508 e. The summed E-state index contributed by atoms with van der Waals surface area (Å²) in [4.78, 5) is 4.32. The molecule has 4 rings (SSSR count). The lowest BCUT2D eigenvalue weighted by Crippen LogP contribution is -2.23. The molecule has 1 aliphatic heterocycles. The highest BCUT2D eigenvalue weighted by atomic mass is 16.5. The molecule has 1 aromatic carbocycles. The lowest BCUT2D eigenvalue weighted by atomic mass is 9.84. The first-order valence-corrected chi connectivity index (χ1v) is 6.36. The van der Waals surface area contributed by atoms with Gasteiger partial charge < -0.3 is 14.9 Å². The van der Waals surface area contributed by atoms with Gasteiger partial charge in [-0.25, -0.2) is 0 Å². The van der Waals surface area contributed by atoms with E-state index in [1.54, 1.807) is 18.2 Å². The first-order chi connectivity index (χ1) is 9.22. The normalized spacial score (nSPS) is 23.2. The molecular weight excluding hydrogens is 242 g/mol. The number of hydrogen-bond donors (Lipinski definition) is 2. The molecule has 0 saturated carbocycles. The van der Waals surface area contributed by atoms with Crippen molar-refractivity contribution in [1.82, 2.24) is 4.98 Å². The molecule has 0 saturated heterocycles. The maximum Gasteiger partial charge on any atom is 0.134 e. The Bertz CT molecular complexity index is 668. The van der Waals surface area contributed by atoms with E-state index in [1.165, 1.54) is 6.20 Å². The van der Waals surface area contributed by atoms with Crippen LogP contribution >= 0.6 is 0 Å². The summed E-state index contributed by atoms with van der Waals surface area (Å²) in [6, 6.07) is 7.04. The maximum absolute atomic E-state index is 9.65. The van der Waals surface area contributed by atoms with Crippen molar-refractivity contribution in [2.24, 2.45) is 5.92 Å². The van der Waals surface area contributed by atoms with Crippen molar-refractivity contribution in [3.8, 4) is 17.2 Å². The number of ether oxygens (including phenoxy) is 1.